The first-order valence-corrected chi connectivity index (χ1v) is 8.06. The van der Waals surface area contributed by atoms with Crippen molar-refractivity contribution in [2.75, 3.05) is 6.54 Å². The molecule has 0 saturated heterocycles. The first-order chi connectivity index (χ1) is 10.0. The molecule has 118 valence electrons. The summed E-state index contributed by atoms with van der Waals surface area (Å²) in [5.41, 5.74) is 6.81. The molecule has 1 aromatic rings. The Kier molecular flexibility index (Phi) is 5.48. The Hall–Kier alpha value is -1.26. The van der Waals surface area contributed by atoms with Gasteiger partial charge in [0.2, 0.25) is 0 Å². The van der Waals surface area contributed by atoms with E-state index in [-0.39, 0.29) is 17.5 Å². The zero-order chi connectivity index (χ0) is 15.4. The monoisotopic (exact) mass is 292 g/mol. The van der Waals surface area contributed by atoms with Crippen LogP contribution < -0.4 is 5.73 Å². The number of rotatable bonds is 5. The lowest BCUT2D eigenvalue weighted by Crippen LogP contribution is -2.42. The quantitative estimate of drug-likeness (QED) is 0.729. The minimum Gasteiger partial charge on any atom is -0.508 e. The van der Waals surface area contributed by atoms with Crippen LogP contribution >= 0.6 is 0 Å². The number of benzene rings is 1. The molecule has 0 aromatic heterocycles. The minimum absolute atomic E-state index is 0.0939. The normalized spacial score (nSPS) is 24.2. The van der Waals surface area contributed by atoms with Gasteiger partial charge in [-0.25, -0.2) is 0 Å². The van der Waals surface area contributed by atoms with Crippen molar-refractivity contribution in [3.63, 3.8) is 0 Å². The van der Waals surface area contributed by atoms with E-state index in [1.807, 2.05) is 0 Å². The fourth-order valence-electron chi connectivity index (χ4n) is 3.44. The molecule has 4 N–H and O–H groups in total. The maximum atomic E-state index is 10.1. The second kappa shape index (κ2) is 7.14. The molecule has 0 bridgehead atoms. The second-order valence-corrected chi connectivity index (χ2v) is 6.23. The van der Waals surface area contributed by atoms with Crippen LogP contribution in [0.1, 0.15) is 57.6 Å². The second-order valence-electron chi connectivity index (χ2n) is 6.23. The Morgan fingerprint density at radius 3 is 2.52 bits per heavy atom. The summed E-state index contributed by atoms with van der Waals surface area (Å²) < 4.78 is 0. The highest BCUT2D eigenvalue weighted by Crippen LogP contribution is 2.35. The summed E-state index contributed by atoms with van der Waals surface area (Å²) in [5.74, 6) is 0.464. The molecule has 0 heterocycles. The van der Waals surface area contributed by atoms with Gasteiger partial charge in [-0.1, -0.05) is 6.92 Å². The zero-order valence-corrected chi connectivity index (χ0v) is 13.1. The fraction of sp³-hybridized carbons (Fsp3) is 0.647. The first-order valence-electron chi connectivity index (χ1n) is 8.06. The molecular weight excluding hydrogens is 264 g/mol. The van der Waals surface area contributed by atoms with E-state index < -0.39 is 0 Å². The Balaban J connectivity index is 2.18. The summed E-state index contributed by atoms with van der Waals surface area (Å²) in [6.07, 6.45) is 5.45. The van der Waals surface area contributed by atoms with Crippen LogP contribution in [-0.2, 0) is 0 Å². The van der Waals surface area contributed by atoms with E-state index in [1.54, 1.807) is 12.1 Å². The highest BCUT2D eigenvalue weighted by atomic mass is 16.3. The number of nitrogens with zero attached hydrogens (tertiary/aromatic N) is 1. The van der Waals surface area contributed by atoms with Crippen LogP contribution in [0.2, 0.25) is 0 Å². The van der Waals surface area contributed by atoms with Crippen molar-refractivity contribution in [1.82, 2.24) is 4.90 Å². The van der Waals surface area contributed by atoms with Crippen molar-refractivity contribution in [2.24, 2.45) is 5.73 Å². The van der Waals surface area contributed by atoms with Crippen molar-refractivity contribution in [3.05, 3.63) is 23.8 Å². The van der Waals surface area contributed by atoms with E-state index >= 15 is 0 Å². The number of hydrogen-bond donors (Lipinski definition) is 3. The summed E-state index contributed by atoms with van der Waals surface area (Å²) in [6, 6.07) is 5.72. The van der Waals surface area contributed by atoms with Gasteiger partial charge in [0, 0.05) is 23.7 Å². The van der Waals surface area contributed by atoms with Gasteiger partial charge in [0.25, 0.3) is 0 Å². The van der Waals surface area contributed by atoms with Crippen molar-refractivity contribution < 1.29 is 10.2 Å². The molecule has 1 saturated carbocycles. The van der Waals surface area contributed by atoms with Crippen LogP contribution in [0.5, 0.6) is 11.5 Å². The Labute approximate surface area is 127 Å². The third-order valence-corrected chi connectivity index (χ3v) is 4.65. The van der Waals surface area contributed by atoms with Crippen molar-refractivity contribution in [1.29, 1.82) is 0 Å². The largest absolute Gasteiger partial charge is 0.508 e. The minimum atomic E-state index is 0.0939. The molecule has 4 heteroatoms. The van der Waals surface area contributed by atoms with Crippen LogP contribution in [0.3, 0.4) is 0 Å². The summed E-state index contributed by atoms with van der Waals surface area (Å²) in [4.78, 5) is 2.46. The Morgan fingerprint density at radius 1 is 1.24 bits per heavy atom. The SMILES string of the molecule is CCCN(C1CCC(N)CC1)C(C)c1cc(O)ccc1O. The van der Waals surface area contributed by atoms with Gasteiger partial charge in [-0.15, -0.1) is 0 Å². The Bertz CT molecular complexity index is 456. The standard InChI is InChI=1S/C17H28N2O2/c1-3-10-19(14-6-4-13(18)5-7-14)12(2)16-11-15(20)8-9-17(16)21/h8-9,11-14,20-21H,3-7,10,18H2,1-2H3. The average molecular weight is 292 g/mol. The molecular formula is C17H28N2O2. The van der Waals surface area contributed by atoms with Gasteiger partial charge in [0.1, 0.15) is 11.5 Å². The van der Waals surface area contributed by atoms with Crippen LogP contribution in [0.25, 0.3) is 0 Å². The molecule has 0 spiro atoms. The van der Waals surface area contributed by atoms with E-state index in [0.717, 1.165) is 44.2 Å². The predicted octanol–water partition coefficient (Wildman–Crippen LogP) is 3.14. The molecule has 0 amide bonds. The van der Waals surface area contributed by atoms with Gasteiger partial charge >= 0.3 is 0 Å². The maximum absolute atomic E-state index is 10.1. The fourth-order valence-corrected chi connectivity index (χ4v) is 3.44. The lowest BCUT2D eigenvalue weighted by molar-refractivity contribution is 0.106. The molecule has 0 radical (unpaired) electrons. The average Bonchev–Trinajstić information content (AvgIpc) is 2.48. The Morgan fingerprint density at radius 2 is 1.90 bits per heavy atom. The summed E-state index contributed by atoms with van der Waals surface area (Å²) in [7, 11) is 0. The highest BCUT2D eigenvalue weighted by molar-refractivity contribution is 5.40. The van der Waals surface area contributed by atoms with Crippen molar-refractivity contribution in [3.8, 4) is 11.5 Å². The highest BCUT2D eigenvalue weighted by Gasteiger charge is 2.28. The first kappa shape index (κ1) is 16.1. The number of phenols is 2. The molecule has 1 aliphatic rings. The lowest BCUT2D eigenvalue weighted by atomic mass is 9.89. The smallest absolute Gasteiger partial charge is 0.120 e. The van der Waals surface area contributed by atoms with E-state index in [4.69, 9.17) is 5.73 Å². The van der Waals surface area contributed by atoms with Gasteiger partial charge in [0.05, 0.1) is 0 Å². The van der Waals surface area contributed by atoms with E-state index in [9.17, 15) is 10.2 Å². The maximum Gasteiger partial charge on any atom is 0.120 e. The van der Waals surface area contributed by atoms with Crippen molar-refractivity contribution >= 4 is 0 Å². The van der Waals surface area contributed by atoms with Crippen LogP contribution in [0.15, 0.2) is 18.2 Å². The number of phenolic OH excluding ortho intramolecular Hbond substituents is 2. The van der Waals surface area contributed by atoms with E-state index in [0.29, 0.717) is 12.1 Å². The summed E-state index contributed by atoms with van der Waals surface area (Å²) >= 11 is 0. The van der Waals surface area contributed by atoms with Gasteiger partial charge in [0.15, 0.2) is 0 Å². The number of hydrogen-bond acceptors (Lipinski definition) is 4. The molecule has 4 nitrogen and oxygen atoms in total. The summed E-state index contributed by atoms with van der Waals surface area (Å²) in [6.45, 7) is 5.28. The van der Waals surface area contributed by atoms with Crippen LogP contribution in [0.4, 0.5) is 0 Å². The van der Waals surface area contributed by atoms with Gasteiger partial charge in [-0.2, -0.15) is 0 Å². The van der Waals surface area contributed by atoms with Crippen molar-refractivity contribution in [2.45, 2.75) is 64.1 Å². The number of nitrogens with two attached hydrogens (primary N) is 1. The van der Waals surface area contributed by atoms with Gasteiger partial charge < -0.3 is 15.9 Å². The molecule has 21 heavy (non-hydrogen) atoms. The van der Waals surface area contributed by atoms with E-state index in [2.05, 4.69) is 18.7 Å². The van der Waals surface area contributed by atoms with Gasteiger partial charge in [-0.05, 0) is 63.8 Å². The lowest BCUT2D eigenvalue weighted by Gasteiger charge is -2.40. The molecule has 1 aliphatic carbocycles. The summed E-state index contributed by atoms with van der Waals surface area (Å²) in [5, 5.41) is 19.8. The number of aromatic hydroxyl groups is 2. The molecule has 1 atom stereocenters. The van der Waals surface area contributed by atoms with E-state index in [1.165, 1.54) is 6.07 Å². The molecule has 2 rings (SSSR count). The zero-order valence-electron chi connectivity index (χ0n) is 13.1. The third kappa shape index (κ3) is 3.89. The topological polar surface area (TPSA) is 69.7 Å². The predicted molar refractivity (Wildman–Crippen MR) is 85.4 cm³/mol. The molecule has 1 unspecified atom stereocenters. The van der Waals surface area contributed by atoms with Gasteiger partial charge in [-0.3, -0.25) is 4.90 Å². The third-order valence-electron chi connectivity index (χ3n) is 4.65. The molecule has 0 aliphatic heterocycles. The molecule has 1 fully saturated rings. The van der Waals surface area contributed by atoms with Crippen LogP contribution in [0, 0.1) is 0 Å². The van der Waals surface area contributed by atoms with Crippen LogP contribution in [-0.4, -0.2) is 33.7 Å². The molecule has 1 aromatic carbocycles.